The molecule has 1 aliphatic rings. The molecular weight excluding hydrogens is 613 g/mol. The van der Waals surface area contributed by atoms with Crippen molar-refractivity contribution >= 4 is 29.4 Å². The van der Waals surface area contributed by atoms with E-state index in [9.17, 15) is 18.4 Å². The third kappa shape index (κ3) is 6.36. The number of nitrogens with two attached hydrogens (primary N) is 1. The smallest absolute Gasteiger partial charge is 0.302 e. The average Bonchev–Trinajstić information content (AvgIpc) is 3.57. The van der Waals surface area contributed by atoms with Crippen molar-refractivity contribution in [2.45, 2.75) is 50.9 Å². The summed E-state index contributed by atoms with van der Waals surface area (Å²) in [6.45, 7) is 3.44. The molecule has 4 aromatic rings. The minimum atomic E-state index is -2.96. The molecule has 5 rings (SSSR count). The second-order valence-corrected chi connectivity index (χ2v) is 11.3. The summed E-state index contributed by atoms with van der Waals surface area (Å²) in [5.41, 5.74) is 4.08. The zero-order chi connectivity index (χ0) is 32.5. The molecule has 234 valence electrons. The molecule has 0 saturated heterocycles. The number of rotatable bonds is 10. The van der Waals surface area contributed by atoms with Gasteiger partial charge in [-0.25, -0.2) is 37.8 Å². The molecule has 2 aromatic heterocycles. The second kappa shape index (κ2) is 12.3. The molecule has 45 heavy (non-hydrogen) atoms. The first-order valence-corrected chi connectivity index (χ1v) is 14.1. The summed E-state index contributed by atoms with van der Waals surface area (Å²) in [5, 5.41) is 3.94. The highest BCUT2D eigenvalue weighted by Gasteiger charge is 2.54. The monoisotopic (exact) mass is 640 g/mol. The first kappa shape index (κ1) is 31.6. The maximum atomic E-state index is 15.4. The normalized spacial score (nSPS) is 17.5. The number of alkyl halides is 3. The van der Waals surface area contributed by atoms with E-state index in [1.54, 1.807) is 42.7 Å². The second-order valence-electron chi connectivity index (χ2n) is 10.9. The van der Waals surface area contributed by atoms with Crippen LogP contribution in [0.2, 0.25) is 5.02 Å². The summed E-state index contributed by atoms with van der Waals surface area (Å²) in [4.78, 5) is 44.1. The highest BCUT2D eigenvalue weighted by Crippen LogP contribution is 2.44. The van der Waals surface area contributed by atoms with Crippen LogP contribution in [-0.4, -0.2) is 59.7 Å². The van der Waals surface area contributed by atoms with E-state index in [0.717, 1.165) is 15.9 Å². The predicted octanol–water partition coefficient (Wildman–Crippen LogP) is 5.11. The maximum absolute atomic E-state index is 15.4. The number of nitrogens with zero attached hydrogens (tertiary/aromatic N) is 7. The molecule has 0 saturated carbocycles. The molecule has 1 amide bonds. The maximum Gasteiger partial charge on any atom is 0.302 e. The van der Waals surface area contributed by atoms with Crippen molar-refractivity contribution in [2.24, 2.45) is 10.7 Å². The summed E-state index contributed by atoms with van der Waals surface area (Å²) >= 11 is 6.37. The Labute approximate surface area is 260 Å². The first-order chi connectivity index (χ1) is 21.3. The highest BCUT2D eigenvalue weighted by atomic mass is 35.5. The summed E-state index contributed by atoms with van der Waals surface area (Å²) < 4.78 is 48.9. The number of esters is 1. The molecule has 2 aromatic carbocycles. The van der Waals surface area contributed by atoms with E-state index < -0.39 is 48.0 Å². The lowest BCUT2D eigenvalue weighted by atomic mass is 9.80. The Hall–Kier alpha value is -4.85. The lowest BCUT2D eigenvalue weighted by Gasteiger charge is -2.33. The molecular formula is C30H28ClF3N8O3. The van der Waals surface area contributed by atoms with Gasteiger partial charge in [-0.15, -0.1) is 0 Å². The standard InChI is InChI=1S/C30H28ClF3N8O3/c1-17(43)45-14-23(19-7-10-21(31)22(13-19)42-26(24(32)33)38-16-39-42)41-27(44)30(40-28(41)35,15-29(2,3)34)20-8-5-18(6-9-20)25-36-11-4-12-37-25/h4-13,16,23-24H,14-15H2,1-3H3,(H2,35,40)/t23-,30-/m1/s1. The van der Waals surface area contributed by atoms with Crippen molar-refractivity contribution in [3.63, 3.8) is 0 Å². The number of hydrogen-bond donors (Lipinski definition) is 1. The van der Waals surface area contributed by atoms with Crippen molar-refractivity contribution in [1.29, 1.82) is 0 Å². The molecule has 2 atom stereocenters. The van der Waals surface area contributed by atoms with Crippen molar-refractivity contribution in [1.82, 2.24) is 29.6 Å². The van der Waals surface area contributed by atoms with E-state index >= 15 is 4.39 Å². The minimum Gasteiger partial charge on any atom is -0.463 e. The van der Waals surface area contributed by atoms with E-state index in [0.29, 0.717) is 22.5 Å². The SMILES string of the molecule is CC(=O)OC[C@H](c1ccc(Cl)c(-n2ncnc2C(F)F)c1)N1C(=O)[C@@](CC(C)(C)F)(c2ccc(-c3ncccn3)cc2)N=C1N. The number of guanidine groups is 1. The predicted molar refractivity (Wildman–Crippen MR) is 158 cm³/mol. The Balaban J connectivity index is 1.60. The summed E-state index contributed by atoms with van der Waals surface area (Å²) in [6, 6.07) is 11.6. The van der Waals surface area contributed by atoms with Gasteiger partial charge in [0.15, 0.2) is 23.1 Å². The minimum absolute atomic E-state index is 0.0341. The van der Waals surface area contributed by atoms with Crippen LogP contribution in [0.15, 0.2) is 72.2 Å². The van der Waals surface area contributed by atoms with E-state index in [4.69, 9.17) is 22.1 Å². The van der Waals surface area contributed by atoms with Crippen molar-refractivity contribution < 1.29 is 27.5 Å². The first-order valence-electron chi connectivity index (χ1n) is 13.7. The Kier molecular flexibility index (Phi) is 8.61. The Bertz CT molecular complexity index is 1750. The number of ether oxygens (including phenoxy) is 1. The molecule has 11 nitrogen and oxygen atoms in total. The fraction of sp³-hybridized carbons (Fsp3) is 0.300. The largest absolute Gasteiger partial charge is 0.463 e. The van der Waals surface area contributed by atoms with Gasteiger partial charge >= 0.3 is 5.97 Å². The van der Waals surface area contributed by atoms with Gasteiger partial charge in [-0.2, -0.15) is 5.10 Å². The molecule has 0 unspecified atom stereocenters. The van der Waals surface area contributed by atoms with Crippen LogP contribution in [0.5, 0.6) is 0 Å². The zero-order valence-electron chi connectivity index (χ0n) is 24.4. The van der Waals surface area contributed by atoms with Crippen LogP contribution in [0, 0.1) is 0 Å². The van der Waals surface area contributed by atoms with Crippen LogP contribution >= 0.6 is 11.6 Å². The van der Waals surface area contributed by atoms with Gasteiger partial charge in [-0.3, -0.25) is 14.5 Å². The summed E-state index contributed by atoms with van der Waals surface area (Å²) in [6.07, 6.45) is 0.805. The lowest BCUT2D eigenvalue weighted by molar-refractivity contribution is -0.145. The fourth-order valence-corrected chi connectivity index (χ4v) is 5.46. The molecule has 0 aliphatic carbocycles. The Morgan fingerprint density at radius 3 is 2.42 bits per heavy atom. The van der Waals surface area contributed by atoms with Crippen LogP contribution in [0.3, 0.4) is 0 Å². The van der Waals surface area contributed by atoms with Crippen LogP contribution < -0.4 is 5.73 Å². The van der Waals surface area contributed by atoms with E-state index in [2.05, 4.69) is 25.0 Å². The van der Waals surface area contributed by atoms with Crippen molar-refractivity contribution in [3.05, 3.63) is 89.2 Å². The number of halogens is 4. The van der Waals surface area contributed by atoms with Crippen LogP contribution in [0.25, 0.3) is 17.1 Å². The molecule has 0 spiro atoms. The van der Waals surface area contributed by atoms with E-state index in [-0.39, 0.29) is 23.1 Å². The fourth-order valence-electron chi connectivity index (χ4n) is 5.26. The quantitative estimate of drug-likeness (QED) is 0.236. The topological polar surface area (TPSA) is 141 Å². The van der Waals surface area contributed by atoms with Gasteiger partial charge < -0.3 is 10.5 Å². The molecule has 0 fully saturated rings. The summed E-state index contributed by atoms with van der Waals surface area (Å²) in [5.74, 6) is -1.80. The van der Waals surface area contributed by atoms with E-state index in [1.807, 2.05) is 0 Å². The van der Waals surface area contributed by atoms with Crippen molar-refractivity contribution in [2.75, 3.05) is 6.61 Å². The number of aliphatic imine (C=N–C) groups is 1. The number of amides is 1. The molecule has 2 N–H and O–H groups in total. The van der Waals surface area contributed by atoms with Gasteiger partial charge in [0.05, 0.1) is 16.8 Å². The van der Waals surface area contributed by atoms with Crippen LogP contribution in [0.1, 0.15) is 56.6 Å². The third-order valence-corrected chi connectivity index (χ3v) is 7.42. The summed E-state index contributed by atoms with van der Waals surface area (Å²) in [7, 11) is 0. The zero-order valence-corrected chi connectivity index (χ0v) is 25.1. The molecule has 0 bridgehead atoms. The number of carbonyl (C=O) groups is 2. The number of benzene rings is 2. The van der Waals surface area contributed by atoms with Gasteiger partial charge in [0.2, 0.25) is 0 Å². The Morgan fingerprint density at radius 2 is 1.80 bits per heavy atom. The van der Waals surface area contributed by atoms with Gasteiger partial charge in [0.1, 0.15) is 18.6 Å². The van der Waals surface area contributed by atoms with Gasteiger partial charge in [-0.05, 0) is 43.2 Å². The molecule has 15 heteroatoms. The lowest BCUT2D eigenvalue weighted by Crippen LogP contribution is -2.47. The third-order valence-electron chi connectivity index (χ3n) is 7.10. The van der Waals surface area contributed by atoms with Gasteiger partial charge in [0, 0.05) is 31.3 Å². The van der Waals surface area contributed by atoms with Gasteiger partial charge in [0.25, 0.3) is 12.3 Å². The van der Waals surface area contributed by atoms with Crippen LogP contribution in [0.4, 0.5) is 13.2 Å². The Morgan fingerprint density at radius 1 is 1.11 bits per heavy atom. The average molecular weight is 641 g/mol. The van der Waals surface area contributed by atoms with E-state index in [1.165, 1.54) is 39.0 Å². The molecule has 3 heterocycles. The number of hydrogen-bond acceptors (Lipinski definition) is 9. The van der Waals surface area contributed by atoms with Crippen LogP contribution in [-0.2, 0) is 19.9 Å². The number of carbonyl (C=O) groups excluding carboxylic acids is 2. The molecule has 0 radical (unpaired) electrons. The van der Waals surface area contributed by atoms with Crippen molar-refractivity contribution in [3.8, 4) is 17.1 Å². The van der Waals surface area contributed by atoms with Gasteiger partial charge in [-0.1, -0.05) is 41.9 Å². The number of aromatic nitrogens is 5. The highest BCUT2D eigenvalue weighted by molar-refractivity contribution is 6.32. The molecule has 1 aliphatic heterocycles.